The highest BCUT2D eigenvalue weighted by Gasteiger charge is 2.63. The molecule has 0 saturated heterocycles. The van der Waals surface area contributed by atoms with Gasteiger partial charge in [0.15, 0.2) is 5.78 Å². The minimum Gasteiger partial charge on any atom is -0.390 e. The van der Waals surface area contributed by atoms with Gasteiger partial charge in [0, 0.05) is 18.0 Å². The van der Waals surface area contributed by atoms with Gasteiger partial charge < -0.3 is 5.11 Å². The zero-order chi connectivity index (χ0) is 23.2. The van der Waals surface area contributed by atoms with Crippen LogP contribution in [0.3, 0.4) is 0 Å². The molecule has 33 heavy (non-hydrogen) atoms. The summed E-state index contributed by atoms with van der Waals surface area (Å²) in [5, 5.41) is 15.9. The Morgan fingerprint density at radius 2 is 1.91 bits per heavy atom. The van der Waals surface area contributed by atoms with Crippen LogP contribution >= 0.6 is 11.6 Å². The number of aromatic nitrogens is 2. The van der Waals surface area contributed by atoms with Crippen LogP contribution in [0, 0.1) is 35.0 Å². The highest BCUT2D eigenvalue weighted by Crippen LogP contribution is 2.66. The summed E-state index contributed by atoms with van der Waals surface area (Å²) in [5.74, 6) is 1.70. The van der Waals surface area contributed by atoms with Crippen molar-refractivity contribution in [1.29, 1.82) is 0 Å². The number of nitrogens with zero attached hydrogens (tertiary/aromatic N) is 2. The number of hydrogen-bond donors (Lipinski definition) is 1. The van der Waals surface area contributed by atoms with Crippen LogP contribution in [0.15, 0.2) is 6.20 Å². The maximum atomic E-state index is 16.5. The second-order valence-electron chi connectivity index (χ2n) is 12.8. The number of Topliss-reactive ketones (excluding diaryl/α,β-unsaturated/α-hetero) is 1. The number of carbonyl (C=O) groups is 1. The van der Waals surface area contributed by atoms with Crippen molar-refractivity contribution >= 4 is 17.4 Å². The number of hydrogen-bond acceptors (Lipinski definition) is 3. The summed E-state index contributed by atoms with van der Waals surface area (Å²) < 4.78 is 18.3. The van der Waals surface area contributed by atoms with Crippen LogP contribution in [0.5, 0.6) is 0 Å². The van der Waals surface area contributed by atoms with Gasteiger partial charge in [-0.15, -0.1) is 0 Å². The number of fused-ring (bicyclic) bond motifs is 5. The fourth-order valence-corrected chi connectivity index (χ4v) is 9.21. The van der Waals surface area contributed by atoms with Crippen LogP contribution in [0.2, 0.25) is 5.02 Å². The molecule has 0 spiro atoms. The van der Waals surface area contributed by atoms with Crippen LogP contribution in [0.25, 0.3) is 0 Å². The first-order valence-electron chi connectivity index (χ1n) is 13.3. The SMILES string of the molecule is C[C@@]1(O)CC[C@@]2(F)[C@H](CC[C@H]3[C@@H]4CC[C@H](C(=O)Cn5cc(Cl)c(C6CC6)n5)[C@@]4(C)CC[C@@H]32)C1. The molecule has 6 rings (SSSR count). The Balaban J connectivity index is 1.19. The Hall–Kier alpha value is -0.940. The van der Waals surface area contributed by atoms with Gasteiger partial charge in [-0.25, -0.2) is 4.39 Å². The van der Waals surface area contributed by atoms with E-state index in [2.05, 4.69) is 12.0 Å². The molecule has 1 heterocycles. The number of ketones is 1. The van der Waals surface area contributed by atoms with Gasteiger partial charge in [-0.05, 0) is 107 Å². The highest BCUT2D eigenvalue weighted by atomic mass is 35.5. The summed E-state index contributed by atoms with van der Waals surface area (Å²) in [5.41, 5.74) is -0.912. The summed E-state index contributed by atoms with van der Waals surface area (Å²) in [6.07, 6.45) is 11.5. The molecule has 0 aliphatic heterocycles. The summed E-state index contributed by atoms with van der Waals surface area (Å²) in [6, 6.07) is 0. The van der Waals surface area contributed by atoms with Crippen molar-refractivity contribution in [2.24, 2.45) is 35.0 Å². The van der Waals surface area contributed by atoms with Crippen molar-refractivity contribution in [3.05, 3.63) is 16.9 Å². The number of aliphatic hydroxyl groups is 1. The van der Waals surface area contributed by atoms with E-state index in [9.17, 15) is 9.90 Å². The summed E-state index contributed by atoms with van der Waals surface area (Å²) in [7, 11) is 0. The molecule has 5 aliphatic carbocycles. The summed E-state index contributed by atoms with van der Waals surface area (Å²) in [6.45, 7) is 4.50. The molecule has 8 atom stereocenters. The Morgan fingerprint density at radius 3 is 2.67 bits per heavy atom. The average molecular weight is 477 g/mol. The van der Waals surface area contributed by atoms with Gasteiger partial charge in [-0.2, -0.15) is 5.10 Å². The van der Waals surface area contributed by atoms with Crippen LogP contribution in [0.1, 0.15) is 96.1 Å². The van der Waals surface area contributed by atoms with Crippen molar-refractivity contribution in [2.45, 2.75) is 108 Å². The smallest absolute Gasteiger partial charge is 0.157 e. The molecule has 0 radical (unpaired) electrons. The molecular weight excluding hydrogens is 439 g/mol. The van der Waals surface area contributed by atoms with Crippen LogP contribution < -0.4 is 0 Å². The van der Waals surface area contributed by atoms with E-state index in [1.165, 1.54) is 0 Å². The molecule has 1 aromatic rings. The largest absolute Gasteiger partial charge is 0.390 e. The lowest BCUT2D eigenvalue weighted by molar-refractivity contribution is -0.166. The number of alkyl halides is 1. The maximum Gasteiger partial charge on any atom is 0.157 e. The molecule has 0 aromatic carbocycles. The number of carbonyl (C=O) groups excluding carboxylic acids is 1. The first-order chi connectivity index (χ1) is 15.6. The van der Waals surface area contributed by atoms with Crippen LogP contribution in [0.4, 0.5) is 4.39 Å². The minimum absolute atomic E-state index is 0.00378. The van der Waals surface area contributed by atoms with E-state index in [1.54, 1.807) is 4.68 Å². The van der Waals surface area contributed by atoms with Gasteiger partial charge in [0.2, 0.25) is 0 Å². The van der Waals surface area contributed by atoms with Gasteiger partial charge in [0.1, 0.15) is 5.67 Å². The van der Waals surface area contributed by atoms with Gasteiger partial charge in [0.05, 0.1) is 22.9 Å². The van der Waals surface area contributed by atoms with Crippen LogP contribution in [-0.2, 0) is 11.3 Å². The lowest BCUT2D eigenvalue weighted by atomic mass is 9.48. The molecule has 4 nitrogen and oxygen atoms in total. The number of halogens is 2. The Morgan fingerprint density at radius 1 is 1.12 bits per heavy atom. The average Bonchev–Trinajstić information content (AvgIpc) is 3.43. The minimum atomic E-state index is -1.13. The molecule has 6 heteroatoms. The lowest BCUT2D eigenvalue weighted by Gasteiger charge is -2.59. The van der Waals surface area contributed by atoms with Crippen molar-refractivity contribution in [3.8, 4) is 0 Å². The third kappa shape index (κ3) is 3.54. The lowest BCUT2D eigenvalue weighted by Crippen LogP contribution is -2.58. The fraction of sp³-hybridized carbons (Fsp3) is 0.852. The normalized spacial score (nSPS) is 47.0. The van der Waals surface area contributed by atoms with Crippen molar-refractivity contribution < 1.29 is 14.3 Å². The maximum absolute atomic E-state index is 16.5. The molecule has 0 bridgehead atoms. The van der Waals surface area contributed by atoms with E-state index >= 15 is 4.39 Å². The molecule has 5 saturated carbocycles. The molecule has 1 aromatic heterocycles. The van der Waals surface area contributed by atoms with Gasteiger partial charge in [-0.1, -0.05) is 18.5 Å². The van der Waals surface area contributed by atoms with E-state index in [0.717, 1.165) is 57.1 Å². The summed E-state index contributed by atoms with van der Waals surface area (Å²) in [4.78, 5) is 13.5. The molecule has 5 aliphatic rings. The van der Waals surface area contributed by atoms with Crippen molar-refractivity contribution in [2.75, 3.05) is 0 Å². The molecule has 182 valence electrons. The van der Waals surface area contributed by atoms with Crippen molar-refractivity contribution in [3.63, 3.8) is 0 Å². The number of rotatable bonds is 4. The van der Waals surface area contributed by atoms with Crippen LogP contribution in [-0.4, -0.2) is 31.9 Å². The molecular formula is C27H38ClFN2O2. The van der Waals surface area contributed by atoms with E-state index in [4.69, 9.17) is 11.6 Å². The van der Waals surface area contributed by atoms with E-state index < -0.39 is 11.3 Å². The second-order valence-corrected chi connectivity index (χ2v) is 13.2. The molecule has 5 fully saturated rings. The molecule has 0 unspecified atom stereocenters. The Bertz CT molecular complexity index is 958. The standard InChI is InChI=1S/C27H38ClFN2O2/c1-25(33)11-12-27(29)17(13-25)5-6-18-19-7-8-21(26(19,2)10-9-20(18)27)23(32)15-31-14-22(28)24(30-31)16-3-4-16/h14,16-21,33H,3-13,15H2,1-2H3/t17-,18+,19+,20+,21-,25-,26+,27-/m1/s1. The third-order valence-electron chi connectivity index (χ3n) is 10.7. The van der Waals surface area contributed by atoms with Crippen molar-refractivity contribution in [1.82, 2.24) is 9.78 Å². The highest BCUT2D eigenvalue weighted by molar-refractivity contribution is 6.31. The second kappa shape index (κ2) is 7.53. The Kier molecular flexibility index (Phi) is 5.14. The third-order valence-corrected chi connectivity index (χ3v) is 11.0. The zero-order valence-electron chi connectivity index (χ0n) is 20.0. The first kappa shape index (κ1) is 22.5. The molecule has 1 N–H and O–H groups in total. The summed E-state index contributed by atoms with van der Waals surface area (Å²) >= 11 is 6.38. The van der Waals surface area contributed by atoms with E-state index in [1.807, 2.05) is 13.1 Å². The fourth-order valence-electron chi connectivity index (χ4n) is 8.90. The monoisotopic (exact) mass is 476 g/mol. The van der Waals surface area contributed by atoms with E-state index in [-0.39, 0.29) is 29.0 Å². The van der Waals surface area contributed by atoms with Gasteiger partial charge in [0.25, 0.3) is 0 Å². The molecule has 0 amide bonds. The zero-order valence-corrected chi connectivity index (χ0v) is 20.8. The predicted molar refractivity (Wildman–Crippen MR) is 126 cm³/mol. The first-order valence-corrected chi connectivity index (χ1v) is 13.7. The van der Waals surface area contributed by atoms with Gasteiger partial charge in [-0.3, -0.25) is 9.48 Å². The topological polar surface area (TPSA) is 55.1 Å². The predicted octanol–water partition coefficient (Wildman–Crippen LogP) is 6.09. The Labute approximate surface area is 201 Å². The quantitative estimate of drug-likeness (QED) is 0.571. The van der Waals surface area contributed by atoms with E-state index in [0.29, 0.717) is 48.6 Å². The van der Waals surface area contributed by atoms with Gasteiger partial charge >= 0.3 is 0 Å².